The molecule has 2 heterocycles. The first kappa shape index (κ1) is 17.7. The Morgan fingerprint density at radius 1 is 1.36 bits per heavy atom. The molecule has 25 heavy (non-hydrogen) atoms. The van der Waals surface area contributed by atoms with Crippen molar-refractivity contribution in [1.29, 1.82) is 0 Å². The fraction of sp³-hybridized carbons (Fsp3) is 0.222. The molecule has 2 amide bonds. The molecule has 0 bridgehead atoms. The maximum Gasteiger partial charge on any atom is 0.244 e. The number of rotatable bonds is 6. The maximum atomic E-state index is 12.8. The molecule has 1 aliphatic rings. The molecular weight excluding hydrogens is 358 g/mol. The lowest BCUT2D eigenvalue weighted by molar-refractivity contribution is -0.122. The largest absolute Gasteiger partial charge is 0.323 e. The standard InChI is InChI=1S/C18H18ClN3O2S/c1-2-9-21(10-13-7-8-16(19)25-13)12-18(24)22-11-17(23)20-14-5-3-4-6-15(14)22/h2-8H,1,9-12H2,(H,20,23). The zero-order valence-electron chi connectivity index (χ0n) is 13.6. The van der Waals surface area contributed by atoms with Gasteiger partial charge in [0.25, 0.3) is 0 Å². The van der Waals surface area contributed by atoms with Gasteiger partial charge in [-0.05, 0) is 24.3 Å². The van der Waals surface area contributed by atoms with Crippen LogP contribution in [0.2, 0.25) is 4.34 Å². The topological polar surface area (TPSA) is 52.7 Å². The third-order valence-electron chi connectivity index (χ3n) is 3.83. The lowest BCUT2D eigenvalue weighted by Gasteiger charge is -2.31. The Morgan fingerprint density at radius 3 is 2.88 bits per heavy atom. The van der Waals surface area contributed by atoms with Crippen molar-refractivity contribution in [3.63, 3.8) is 0 Å². The third kappa shape index (κ3) is 4.28. The second-order valence-electron chi connectivity index (χ2n) is 5.71. The van der Waals surface area contributed by atoms with E-state index < -0.39 is 0 Å². The Kier molecular flexibility index (Phi) is 5.53. The summed E-state index contributed by atoms with van der Waals surface area (Å²) in [6, 6.07) is 11.1. The minimum absolute atomic E-state index is 0.0304. The molecule has 1 aromatic carbocycles. The van der Waals surface area contributed by atoms with Crippen molar-refractivity contribution in [2.24, 2.45) is 0 Å². The van der Waals surface area contributed by atoms with Gasteiger partial charge in [-0.25, -0.2) is 0 Å². The zero-order valence-corrected chi connectivity index (χ0v) is 15.1. The van der Waals surface area contributed by atoms with Crippen LogP contribution in [0.3, 0.4) is 0 Å². The summed E-state index contributed by atoms with van der Waals surface area (Å²) in [4.78, 5) is 29.3. The first-order valence-electron chi connectivity index (χ1n) is 7.83. The average molecular weight is 376 g/mol. The van der Waals surface area contributed by atoms with E-state index in [-0.39, 0.29) is 24.9 Å². The van der Waals surface area contributed by atoms with Crippen LogP contribution in [0, 0.1) is 0 Å². The van der Waals surface area contributed by atoms with Gasteiger partial charge < -0.3 is 5.32 Å². The van der Waals surface area contributed by atoms with Crippen LogP contribution in [0.25, 0.3) is 0 Å². The Hall–Kier alpha value is -2.15. The Labute approximate surface area is 155 Å². The van der Waals surface area contributed by atoms with Crippen LogP contribution >= 0.6 is 22.9 Å². The number of hydrogen-bond acceptors (Lipinski definition) is 4. The van der Waals surface area contributed by atoms with Gasteiger partial charge in [-0.2, -0.15) is 0 Å². The van der Waals surface area contributed by atoms with E-state index in [0.717, 1.165) is 14.9 Å². The van der Waals surface area contributed by atoms with Crippen LogP contribution in [0.1, 0.15) is 4.88 Å². The van der Waals surface area contributed by atoms with Crippen molar-refractivity contribution >= 4 is 46.1 Å². The lowest BCUT2D eigenvalue weighted by Crippen LogP contribution is -2.46. The van der Waals surface area contributed by atoms with E-state index in [2.05, 4.69) is 11.9 Å². The summed E-state index contributed by atoms with van der Waals surface area (Å²) < 4.78 is 0.724. The molecule has 0 radical (unpaired) electrons. The van der Waals surface area contributed by atoms with Crippen LogP contribution in [0.5, 0.6) is 0 Å². The molecule has 7 heteroatoms. The second-order valence-corrected chi connectivity index (χ2v) is 7.51. The SMILES string of the molecule is C=CCN(CC(=O)N1CC(=O)Nc2ccccc21)Cc1ccc(Cl)s1. The summed E-state index contributed by atoms with van der Waals surface area (Å²) >= 11 is 7.47. The number of amides is 2. The van der Waals surface area contributed by atoms with Gasteiger partial charge in [-0.15, -0.1) is 17.9 Å². The molecule has 0 saturated carbocycles. The number of anilines is 2. The number of para-hydroxylation sites is 2. The summed E-state index contributed by atoms with van der Waals surface area (Å²) in [5.41, 5.74) is 1.39. The fourth-order valence-corrected chi connectivity index (χ4v) is 3.89. The van der Waals surface area contributed by atoms with E-state index in [4.69, 9.17) is 11.6 Å². The van der Waals surface area contributed by atoms with Gasteiger partial charge in [-0.1, -0.05) is 29.8 Å². The minimum atomic E-state index is -0.188. The number of fused-ring (bicyclic) bond motifs is 1. The third-order valence-corrected chi connectivity index (χ3v) is 5.04. The molecule has 0 spiro atoms. The van der Waals surface area contributed by atoms with Crippen molar-refractivity contribution in [2.45, 2.75) is 6.54 Å². The molecule has 5 nitrogen and oxygen atoms in total. The smallest absolute Gasteiger partial charge is 0.244 e. The molecule has 0 atom stereocenters. The van der Waals surface area contributed by atoms with Gasteiger partial charge in [0.2, 0.25) is 11.8 Å². The average Bonchev–Trinajstić information content (AvgIpc) is 2.99. The summed E-state index contributed by atoms with van der Waals surface area (Å²) in [6.07, 6.45) is 1.76. The van der Waals surface area contributed by atoms with Crippen molar-refractivity contribution in [2.75, 3.05) is 29.9 Å². The number of hydrogen-bond donors (Lipinski definition) is 1. The fourth-order valence-electron chi connectivity index (χ4n) is 2.76. The Bertz CT molecular complexity index is 805. The maximum absolute atomic E-state index is 12.8. The molecule has 130 valence electrons. The summed E-state index contributed by atoms with van der Waals surface area (Å²) in [6.45, 7) is 5.17. The normalized spacial score (nSPS) is 13.5. The van der Waals surface area contributed by atoms with Gasteiger partial charge in [-0.3, -0.25) is 19.4 Å². The summed E-state index contributed by atoms with van der Waals surface area (Å²) in [5, 5.41) is 2.79. The van der Waals surface area contributed by atoms with Crippen molar-refractivity contribution in [3.8, 4) is 0 Å². The van der Waals surface area contributed by atoms with Crippen LogP contribution in [-0.4, -0.2) is 36.3 Å². The van der Waals surface area contributed by atoms with E-state index in [1.54, 1.807) is 12.1 Å². The molecule has 1 aromatic heterocycles. The second kappa shape index (κ2) is 7.82. The van der Waals surface area contributed by atoms with Crippen LogP contribution < -0.4 is 10.2 Å². The predicted molar refractivity (Wildman–Crippen MR) is 102 cm³/mol. The van der Waals surface area contributed by atoms with Crippen molar-refractivity contribution in [3.05, 3.63) is 58.3 Å². The van der Waals surface area contributed by atoms with E-state index in [9.17, 15) is 9.59 Å². The molecule has 2 aromatic rings. The Balaban J connectivity index is 1.75. The van der Waals surface area contributed by atoms with Crippen LogP contribution in [-0.2, 0) is 16.1 Å². The molecule has 3 rings (SSSR count). The molecule has 1 aliphatic heterocycles. The number of halogens is 1. The van der Waals surface area contributed by atoms with Gasteiger partial charge in [0.15, 0.2) is 0 Å². The number of nitrogens with one attached hydrogen (secondary N) is 1. The van der Waals surface area contributed by atoms with E-state index >= 15 is 0 Å². The highest BCUT2D eigenvalue weighted by atomic mass is 35.5. The Morgan fingerprint density at radius 2 is 2.16 bits per heavy atom. The van der Waals surface area contributed by atoms with Gasteiger partial charge in [0, 0.05) is 18.0 Å². The van der Waals surface area contributed by atoms with Gasteiger partial charge in [0.05, 0.1) is 22.3 Å². The molecular formula is C18H18ClN3O2S. The first-order chi connectivity index (χ1) is 12.1. The molecule has 0 saturated heterocycles. The van der Waals surface area contributed by atoms with E-state index in [0.29, 0.717) is 18.8 Å². The van der Waals surface area contributed by atoms with Crippen LogP contribution in [0.15, 0.2) is 49.1 Å². The molecule has 0 aliphatic carbocycles. The molecule has 0 unspecified atom stereocenters. The number of benzene rings is 1. The van der Waals surface area contributed by atoms with Gasteiger partial charge in [0.1, 0.15) is 6.54 Å². The van der Waals surface area contributed by atoms with E-state index in [1.807, 2.05) is 35.2 Å². The highest BCUT2D eigenvalue weighted by molar-refractivity contribution is 7.16. The van der Waals surface area contributed by atoms with Crippen LogP contribution in [0.4, 0.5) is 11.4 Å². The number of thiophene rings is 1. The van der Waals surface area contributed by atoms with E-state index in [1.165, 1.54) is 16.2 Å². The highest BCUT2D eigenvalue weighted by Crippen LogP contribution is 2.29. The minimum Gasteiger partial charge on any atom is -0.323 e. The lowest BCUT2D eigenvalue weighted by atomic mass is 10.2. The summed E-state index contributed by atoms with van der Waals surface area (Å²) in [7, 11) is 0. The quantitative estimate of drug-likeness (QED) is 0.787. The van der Waals surface area contributed by atoms with Crippen molar-refractivity contribution in [1.82, 2.24) is 4.90 Å². The zero-order chi connectivity index (χ0) is 17.8. The highest BCUT2D eigenvalue weighted by Gasteiger charge is 2.27. The predicted octanol–water partition coefficient (Wildman–Crippen LogP) is 3.37. The van der Waals surface area contributed by atoms with Crippen molar-refractivity contribution < 1.29 is 9.59 Å². The number of carbonyl (C=O) groups excluding carboxylic acids is 2. The monoisotopic (exact) mass is 375 g/mol. The summed E-state index contributed by atoms with van der Waals surface area (Å²) in [5.74, 6) is -0.306. The number of carbonyl (C=O) groups is 2. The molecule has 1 N–H and O–H groups in total. The molecule has 0 fully saturated rings. The number of nitrogens with zero attached hydrogens (tertiary/aromatic N) is 2. The van der Waals surface area contributed by atoms with Gasteiger partial charge >= 0.3 is 0 Å². The first-order valence-corrected chi connectivity index (χ1v) is 9.03.